The van der Waals surface area contributed by atoms with Crippen molar-refractivity contribution in [1.29, 1.82) is 0 Å². The molecule has 21 heavy (non-hydrogen) atoms. The van der Waals surface area contributed by atoms with Gasteiger partial charge in [-0.15, -0.1) is 0 Å². The third-order valence-corrected chi connectivity index (χ3v) is 3.33. The fourth-order valence-corrected chi connectivity index (χ4v) is 2.09. The molecule has 2 atom stereocenters. The highest BCUT2D eigenvalue weighted by atomic mass is 16.4. The number of urea groups is 1. The second-order valence-corrected chi connectivity index (χ2v) is 5.20. The summed E-state index contributed by atoms with van der Waals surface area (Å²) in [6.45, 7) is 4.12. The second-order valence-electron chi connectivity index (χ2n) is 5.20. The van der Waals surface area contributed by atoms with Gasteiger partial charge in [0.2, 0.25) is 0 Å². The number of amides is 2. The SMILES string of the molecule is CCCCC(C)NC(=O)NCC(C(=O)O)c1ccccc1. The van der Waals surface area contributed by atoms with Gasteiger partial charge in [-0.1, -0.05) is 50.1 Å². The molecule has 1 rings (SSSR count). The van der Waals surface area contributed by atoms with Gasteiger partial charge in [-0.2, -0.15) is 0 Å². The lowest BCUT2D eigenvalue weighted by Gasteiger charge is -2.17. The van der Waals surface area contributed by atoms with E-state index < -0.39 is 11.9 Å². The van der Waals surface area contributed by atoms with Gasteiger partial charge < -0.3 is 15.7 Å². The lowest BCUT2D eigenvalue weighted by Crippen LogP contribution is -2.43. The van der Waals surface area contributed by atoms with Gasteiger partial charge in [-0.3, -0.25) is 4.79 Å². The number of hydrogen-bond donors (Lipinski definition) is 3. The molecule has 116 valence electrons. The molecule has 5 nitrogen and oxygen atoms in total. The first-order valence-corrected chi connectivity index (χ1v) is 7.36. The van der Waals surface area contributed by atoms with Crippen LogP contribution in [0.5, 0.6) is 0 Å². The molecule has 0 bridgehead atoms. The van der Waals surface area contributed by atoms with Crippen LogP contribution in [0.15, 0.2) is 30.3 Å². The molecule has 0 saturated carbocycles. The van der Waals surface area contributed by atoms with Gasteiger partial charge in [0.25, 0.3) is 0 Å². The molecule has 1 aromatic rings. The molecule has 0 radical (unpaired) electrons. The number of nitrogens with one attached hydrogen (secondary N) is 2. The van der Waals surface area contributed by atoms with Gasteiger partial charge in [0.1, 0.15) is 0 Å². The van der Waals surface area contributed by atoms with Crippen LogP contribution in [-0.4, -0.2) is 29.7 Å². The summed E-state index contributed by atoms with van der Waals surface area (Å²) in [6.07, 6.45) is 3.07. The zero-order valence-electron chi connectivity index (χ0n) is 12.6. The summed E-state index contributed by atoms with van der Waals surface area (Å²) in [5, 5.41) is 14.7. The molecule has 0 aliphatic rings. The van der Waals surface area contributed by atoms with E-state index in [1.807, 2.05) is 13.0 Å². The summed E-state index contributed by atoms with van der Waals surface area (Å²) in [7, 11) is 0. The quantitative estimate of drug-likeness (QED) is 0.689. The van der Waals surface area contributed by atoms with Crippen LogP contribution in [0.1, 0.15) is 44.6 Å². The average Bonchev–Trinajstić information content (AvgIpc) is 2.46. The fraction of sp³-hybridized carbons (Fsp3) is 0.500. The van der Waals surface area contributed by atoms with Crippen molar-refractivity contribution < 1.29 is 14.7 Å². The topological polar surface area (TPSA) is 78.4 Å². The molecule has 1 aromatic carbocycles. The van der Waals surface area contributed by atoms with Crippen LogP contribution in [0.2, 0.25) is 0 Å². The van der Waals surface area contributed by atoms with Crippen LogP contribution >= 0.6 is 0 Å². The van der Waals surface area contributed by atoms with E-state index in [0.717, 1.165) is 19.3 Å². The third-order valence-electron chi connectivity index (χ3n) is 3.33. The number of carboxylic acids is 1. The largest absolute Gasteiger partial charge is 0.481 e. The summed E-state index contributed by atoms with van der Waals surface area (Å²) in [5.41, 5.74) is 0.685. The molecule has 0 spiro atoms. The Morgan fingerprint density at radius 3 is 2.48 bits per heavy atom. The maximum absolute atomic E-state index is 11.8. The summed E-state index contributed by atoms with van der Waals surface area (Å²) in [5.74, 6) is -1.68. The van der Waals surface area contributed by atoms with Crippen molar-refractivity contribution in [2.75, 3.05) is 6.54 Å². The van der Waals surface area contributed by atoms with Crippen molar-refractivity contribution in [3.63, 3.8) is 0 Å². The second kappa shape index (κ2) is 9.00. The summed E-state index contributed by atoms with van der Waals surface area (Å²) in [4.78, 5) is 23.1. The molecule has 0 aliphatic carbocycles. The van der Waals surface area contributed by atoms with E-state index >= 15 is 0 Å². The molecule has 2 unspecified atom stereocenters. The number of aliphatic carboxylic acids is 1. The van der Waals surface area contributed by atoms with Crippen LogP contribution in [0.4, 0.5) is 4.79 Å². The molecule has 0 aliphatic heterocycles. The highest BCUT2D eigenvalue weighted by Crippen LogP contribution is 2.14. The first-order valence-electron chi connectivity index (χ1n) is 7.36. The number of unbranched alkanes of at least 4 members (excludes halogenated alkanes) is 1. The third kappa shape index (κ3) is 6.29. The maximum Gasteiger partial charge on any atom is 0.315 e. The highest BCUT2D eigenvalue weighted by Gasteiger charge is 2.20. The number of rotatable bonds is 8. The van der Waals surface area contributed by atoms with E-state index in [9.17, 15) is 14.7 Å². The van der Waals surface area contributed by atoms with Gasteiger partial charge in [-0.25, -0.2) is 4.79 Å². The Morgan fingerprint density at radius 1 is 1.24 bits per heavy atom. The Labute approximate surface area is 125 Å². The Morgan fingerprint density at radius 2 is 1.90 bits per heavy atom. The normalized spacial score (nSPS) is 13.2. The van der Waals surface area contributed by atoms with Gasteiger partial charge in [0, 0.05) is 12.6 Å². The van der Waals surface area contributed by atoms with Crippen molar-refractivity contribution in [2.45, 2.75) is 45.1 Å². The summed E-state index contributed by atoms with van der Waals surface area (Å²) < 4.78 is 0. The first-order chi connectivity index (χ1) is 10.0. The lowest BCUT2D eigenvalue weighted by molar-refractivity contribution is -0.138. The predicted molar refractivity (Wildman–Crippen MR) is 82.3 cm³/mol. The molecule has 3 N–H and O–H groups in total. The zero-order chi connectivity index (χ0) is 15.7. The minimum Gasteiger partial charge on any atom is -0.481 e. The van der Waals surface area contributed by atoms with Gasteiger partial charge >= 0.3 is 12.0 Å². The standard InChI is InChI=1S/C16H24N2O3/c1-3-4-8-12(2)18-16(21)17-11-14(15(19)20)13-9-6-5-7-10-13/h5-7,9-10,12,14H,3-4,8,11H2,1-2H3,(H,19,20)(H2,17,18,21). The van der Waals surface area contributed by atoms with E-state index in [4.69, 9.17) is 0 Å². The van der Waals surface area contributed by atoms with Crippen LogP contribution in [0.3, 0.4) is 0 Å². The van der Waals surface area contributed by atoms with Gasteiger partial charge in [0.05, 0.1) is 5.92 Å². The monoisotopic (exact) mass is 292 g/mol. The number of carboxylic acid groups (broad SMARTS) is 1. The molecule has 0 fully saturated rings. The Kier molecular flexibility index (Phi) is 7.29. The van der Waals surface area contributed by atoms with Crippen LogP contribution in [0.25, 0.3) is 0 Å². The molecule has 0 aromatic heterocycles. The lowest BCUT2D eigenvalue weighted by atomic mass is 9.99. The van der Waals surface area contributed by atoms with E-state index in [-0.39, 0.29) is 18.6 Å². The first kappa shape index (κ1) is 17.0. The minimum atomic E-state index is -0.944. The minimum absolute atomic E-state index is 0.0751. The number of carbonyl (C=O) groups is 2. The fourth-order valence-electron chi connectivity index (χ4n) is 2.09. The Hall–Kier alpha value is -2.04. The van der Waals surface area contributed by atoms with Crippen molar-refractivity contribution in [1.82, 2.24) is 10.6 Å². The number of hydrogen-bond acceptors (Lipinski definition) is 2. The van der Waals surface area contributed by atoms with Crippen molar-refractivity contribution in [3.8, 4) is 0 Å². The van der Waals surface area contributed by atoms with E-state index in [0.29, 0.717) is 5.56 Å². The smallest absolute Gasteiger partial charge is 0.315 e. The highest BCUT2D eigenvalue weighted by molar-refractivity contribution is 5.79. The van der Waals surface area contributed by atoms with E-state index in [1.165, 1.54) is 0 Å². The van der Waals surface area contributed by atoms with E-state index in [1.54, 1.807) is 24.3 Å². The van der Waals surface area contributed by atoms with Gasteiger partial charge in [0.15, 0.2) is 0 Å². The van der Waals surface area contributed by atoms with Crippen molar-refractivity contribution in [2.24, 2.45) is 0 Å². The van der Waals surface area contributed by atoms with E-state index in [2.05, 4.69) is 17.6 Å². The number of benzene rings is 1. The Balaban J connectivity index is 2.47. The zero-order valence-corrected chi connectivity index (χ0v) is 12.6. The van der Waals surface area contributed by atoms with Crippen molar-refractivity contribution in [3.05, 3.63) is 35.9 Å². The molecule has 0 saturated heterocycles. The number of carbonyl (C=O) groups excluding carboxylic acids is 1. The summed E-state index contributed by atoms with van der Waals surface area (Å²) >= 11 is 0. The van der Waals surface area contributed by atoms with Crippen LogP contribution < -0.4 is 10.6 Å². The molecule has 5 heteroatoms. The molecule has 2 amide bonds. The average molecular weight is 292 g/mol. The van der Waals surface area contributed by atoms with Crippen LogP contribution in [0, 0.1) is 0 Å². The van der Waals surface area contributed by atoms with Gasteiger partial charge in [-0.05, 0) is 18.9 Å². The van der Waals surface area contributed by atoms with Crippen LogP contribution in [-0.2, 0) is 4.79 Å². The maximum atomic E-state index is 11.8. The Bertz CT molecular complexity index is 448. The molecular weight excluding hydrogens is 268 g/mol. The summed E-state index contributed by atoms with van der Waals surface area (Å²) in [6, 6.07) is 8.68. The predicted octanol–water partition coefficient (Wildman–Crippen LogP) is 2.73. The van der Waals surface area contributed by atoms with Crippen molar-refractivity contribution >= 4 is 12.0 Å². The molecular formula is C16H24N2O3. The molecule has 0 heterocycles.